The molecule has 1 N–H and O–H groups in total. The fourth-order valence-electron chi connectivity index (χ4n) is 2.78. The fourth-order valence-corrected chi connectivity index (χ4v) is 2.78. The number of hydrogen-bond acceptors (Lipinski definition) is 4. The van der Waals surface area contributed by atoms with Crippen molar-refractivity contribution in [2.45, 2.75) is 51.5 Å². The predicted octanol–water partition coefficient (Wildman–Crippen LogP) is 3.07. The van der Waals surface area contributed by atoms with Crippen LogP contribution in [-0.4, -0.2) is 32.9 Å². The summed E-state index contributed by atoms with van der Waals surface area (Å²) in [6, 6.07) is 0. The van der Waals surface area contributed by atoms with Gasteiger partial charge in [-0.2, -0.15) is 0 Å². The number of oxazole rings is 1. The lowest BCUT2D eigenvalue weighted by atomic mass is 9.93. The van der Waals surface area contributed by atoms with Crippen LogP contribution in [0.25, 0.3) is 0 Å². The van der Waals surface area contributed by atoms with Crippen molar-refractivity contribution in [3.05, 3.63) is 36.1 Å². The Hall–Kier alpha value is -1.62. The lowest BCUT2D eigenvalue weighted by Crippen LogP contribution is -2.32. The maximum atomic E-state index is 5.62. The normalized spacial score (nSPS) is 18.2. The third-order valence-electron chi connectivity index (χ3n) is 4.17. The number of piperidine rings is 1. The molecule has 2 aromatic rings. The van der Waals surface area contributed by atoms with E-state index in [1.54, 1.807) is 6.26 Å². The number of likely N-dealkylation sites (tertiary alicyclic amines) is 1. The number of rotatable bonds is 3. The summed E-state index contributed by atoms with van der Waals surface area (Å²) in [5.74, 6) is 2.52. The standard InChI is InChI=1S/C16H24N4O/c1-16(2,3)13-11-21-14(19-13)10-20-8-4-12(5-9-20)15-17-6-7-18-15/h6-7,11-12H,4-5,8-10H2,1-3H3,(H,17,18). The highest BCUT2D eigenvalue weighted by molar-refractivity contribution is 5.08. The topological polar surface area (TPSA) is 58.0 Å². The molecule has 1 saturated heterocycles. The largest absolute Gasteiger partial charge is 0.447 e. The minimum Gasteiger partial charge on any atom is -0.447 e. The van der Waals surface area contributed by atoms with E-state index in [1.165, 1.54) is 0 Å². The van der Waals surface area contributed by atoms with Gasteiger partial charge in [-0.15, -0.1) is 0 Å². The average Bonchev–Trinajstić information content (AvgIpc) is 3.09. The smallest absolute Gasteiger partial charge is 0.208 e. The van der Waals surface area contributed by atoms with E-state index < -0.39 is 0 Å². The van der Waals surface area contributed by atoms with E-state index in [-0.39, 0.29) is 5.41 Å². The molecule has 0 amide bonds. The Balaban J connectivity index is 1.55. The van der Waals surface area contributed by atoms with Crippen molar-refractivity contribution >= 4 is 0 Å². The van der Waals surface area contributed by atoms with Gasteiger partial charge in [-0.05, 0) is 25.9 Å². The Kier molecular flexibility index (Phi) is 3.85. The third-order valence-corrected chi connectivity index (χ3v) is 4.17. The SMILES string of the molecule is CC(C)(C)c1coc(CN2CCC(c3ncc[nH]3)CC2)n1. The second kappa shape index (κ2) is 5.64. The van der Waals surface area contributed by atoms with Crippen LogP contribution in [0.2, 0.25) is 0 Å². The second-order valence-corrected chi connectivity index (χ2v) is 6.90. The molecule has 3 heterocycles. The molecule has 0 aliphatic carbocycles. The number of hydrogen-bond donors (Lipinski definition) is 1. The molecule has 0 bridgehead atoms. The second-order valence-electron chi connectivity index (χ2n) is 6.90. The van der Waals surface area contributed by atoms with Gasteiger partial charge in [0.05, 0.1) is 12.2 Å². The van der Waals surface area contributed by atoms with Crippen LogP contribution in [-0.2, 0) is 12.0 Å². The van der Waals surface area contributed by atoms with Crippen LogP contribution in [0.3, 0.4) is 0 Å². The first-order chi connectivity index (χ1) is 10.0. The molecule has 3 rings (SSSR count). The monoisotopic (exact) mass is 288 g/mol. The lowest BCUT2D eigenvalue weighted by molar-refractivity contribution is 0.185. The van der Waals surface area contributed by atoms with Gasteiger partial charge in [-0.3, -0.25) is 4.90 Å². The molecule has 0 spiro atoms. The van der Waals surface area contributed by atoms with Crippen molar-refractivity contribution < 1.29 is 4.42 Å². The van der Waals surface area contributed by atoms with Crippen molar-refractivity contribution in [2.75, 3.05) is 13.1 Å². The van der Waals surface area contributed by atoms with E-state index in [9.17, 15) is 0 Å². The first-order valence-corrected chi connectivity index (χ1v) is 7.69. The highest BCUT2D eigenvalue weighted by Crippen LogP contribution is 2.27. The van der Waals surface area contributed by atoms with Crippen LogP contribution in [0.15, 0.2) is 23.1 Å². The number of imidazole rings is 1. The van der Waals surface area contributed by atoms with E-state index in [0.717, 1.165) is 49.9 Å². The lowest BCUT2D eigenvalue weighted by Gasteiger charge is -2.30. The minimum atomic E-state index is 0.0496. The number of nitrogens with one attached hydrogen (secondary N) is 1. The van der Waals surface area contributed by atoms with Crippen LogP contribution in [0.1, 0.15) is 56.9 Å². The van der Waals surface area contributed by atoms with Gasteiger partial charge < -0.3 is 9.40 Å². The zero-order chi connectivity index (χ0) is 14.9. The summed E-state index contributed by atoms with van der Waals surface area (Å²) in [5, 5.41) is 0. The van der Waals surface area contributed by atoms with Crippen LogP contribution < -0.4 is 0 Å². The average molecular weight is 288 g/mol. The third kappa shape index (κ3) is 3.35. The molecule has 114 valence electrons. The zero-order valence-corrected chi connectivity index (χ0v) is 13.1. The van der Waals surface area contributed by atoms with Crippen LogP contribution in [0.4, 0.5) is 0 Å². The number of aromatic nitrogens is 3. The van der Waals surface area contributed by atoms with Gasteiger partial charge in [0.2, 0.25) is 5.89 Å². The van der Waals surface area contributed by atoms with Crippen LogP contribution >= 0.6 is 0 Å². The molecule has 0 radical (unpaired) electrons. The van der Waals surface area contributed by atoms with Gasteiger partial charge in [0, 0.05) is 23.7 Å². The molecule has 0 atom stereocenters. The molecule has 1 fully saturated rings. The number of aromatic amines is 1. The highest BCUT2D eigenvalue weighted by Gasteiger charge is 2.24. The summed E-state index contributed by atoms with van der Waals surface area (Å²) in [4.78, 5) is 14.6. The molecular weight excluding hydrogens is 264 g/mol. The van der Waals surface area contributed by atoms with Crippen molar-refractivity contribution in [2.24, 2.45) is 0 Å². The number of H-pyrrole nitrogens is 1. The van der Waals surface area contributed by atoms with Crippen molar-refractivity contribution in [1.82, 2.24) is 19.9 Å². The Bertz CT molecular complexity index is 559. The van der Waals surface area contributed by atoms with Crippen molar-refractivity contribution in [3.63, 3.8) is 0 Å². The molecule has 21 heavy (non-hydrogen) atoms. The van der Waals surface area contributed by atoms with E-state index in [1.807, 2.05) is 12.4 Å². The van der Waals surface area contributed by atoms with Gasteiger partial charge in [0.15, 0.2) is 0 Å². The molecule has 1 aliphatic heterocycles. The van der Waals surface area contributed by atoms with Crippen LogP contribution in [0.5, 0.6) is 0 Å². The minimum absolute atomic E-state index is 0.0496. The van der Waals surface area contributed by atoms with Crippen molar-refractivity contribution in [3.8, 4) is 0 Å². The van der Waals surface area contributed by atoms with E-state index in [2.05, 4.69) is 40.6 Å². The molecule has 2 aromatic heterocycles. The van der Waals surface area contributed by atoms with E-state index in [4.69, 9.17) is 4.42 Å². The molecule has 0 saturated carbocycles. The molecule has 1 aliphatic rings. The predicted molar refractivity (Wildman–Crippen MR) is 81.0 cm³/mol. The fraction of sp³-hybridized carbons (Fsp3) is 0.625. The molecular formula is C16H24N4O. The Morgan fingerprint density at radius 3 is 2.67 bits per heavy atom. The maximum absolute atomic E-state index is 5.62. The molecule has 5 heteroatoms. The summed E-state index contributed by atoms with van der Waals surface area (Å²) in [6.07, 6.45) is 7.82. The Morgan fingerprint density at radius 2 is 2.10 bits per heavy atom. The quantitative estimate of drug-likeness (QED) is 0.943. The summed E-state index contributed by atoms with van der Waals surface area (Å²) >= 11 is 0. The van der Waals surface area contributed by atoms with Crippen molar-refractivity contribution in [1.29, 1.82) is 0 Å². The number of nitrogens with zero attached hydrogens (tertiary/aromatic N) is 3. The van der Waals surface area contributed by atoms with Gasteiger partial charge in [-0.1, -0.05) is 20.8 Å². The molecule has 0 unspecified atom stereocenters. The highest BCUT2D eigenvalue weighted by atomic mass is 16.3. The van der Waals surface area contributed by atoms with E-state index >= 15 is 0 Å². The molecule has 5 nitrogen and oxygen atoms in total. The summed E-state index contributed by atoms with van der Waals surface area (Å²) < 4.78 is 5.62. The first-order valence-electron chi connectivity index (χ1n) is 7.69. The summed E-state index contributed by atoms with van der Waals surface area (Å²) in [7, 11) is 0. The first kappa shape index (κ1) is 14.3. The Morgan fingerprint density at radius 1 is 1.33 bits per heavy atom. The molecule has 0 aromatic carbocycles. The summed E-state index contributed by atoms with van der Waals surface area (Å²) in [6.45, 7) is 9.41. The Labute approximate surface area is 125 Å². The van der Waals surface area contributed by atoms with Crippen LogP contribution in [0, 0.1) is 0 Å². The van der Waals surface area contributed by atoms with Gasteiger partial charge in [0.25, 0.3) is 0 Å². The van der Waals surface area contributed by atoms with E-state index in [0.29, 0.717) is 5.92 Å². The zero-order valence-electron chi connectivity index (χ0n) is 13.1. The van der Waals surface area contributed by atoms with Gasteiger partial charge in [0.1, 0.15) is 12.1 Å². The summed E-state index contributed by atoms with van der Waals surface area (Å²) in [5.41, 5.74) is 1.08. The maximum Gasteiger partial charge on any atom is 0.208 e. The van der Waals surface area contributed by atoms with Gasteiger partial charge >= 0.3 is 0 Å². The van der Waals surface area contributed by atoms with Gasteiger partial charge in [-0.25, -0.2) is 9.97 Å².